The number of aromatic nitrogens is 1. The van der Waals surface area contributed by atoms with Gasteiger partial charge in [-0.25, -0.2) is 9.18 Å². The first-order valence-electron chi connectivity index (χ1n) is 11.1. The number of hydrogen-bond donors (Lipinski definition) is 2. The lowest BCUT2D eigenvalue weighted by atomic mass is 9.95. The van der Waals surface area contributed by atoms with Crippen LogP contribution < -0.4 is 5.32 Å². The highest BCUT2D eigenvalue weighted by molar-refractivity contribution is 5.87. The number of aromatic amines is 1. The van der Waals surface area contributed by atoms with Crippen molar-refractivity contribution < 1.29 is 23.5 Å². The summed E-state index contributed by atoms with van der Waals surface area (Å²) in [4.78, 5) is 30.9. The van der Waals surface area contributed by atoms with E-state index < -0.39 is 23.8 Å². The maximum Gasteiger partial charge on any atom is 0.408 e. The van der Waals surface area contributed by atoms with E-state index in [0.717, 1.165) is 22.9 Å². The lowest BCUT2D eigenvalue weighted by Gasteiger charge is -2.33. The molecular weight excluding hydrogens is 413 g/mol. The van der Waals surface area contributed by atoms with Crippen molar-refractivity contribution in [2.75, 3.05) is 13.7 Å². The van der Waals surface area contributed by atoms with Crippen molar-refractivity contribution in [3.05, 3.63) is 35.8 Å². The fraction of sp³-hybridized carbons (Fsp3) is 0.583. The zero-order valence-corrected chi connectivity index (χ0v) is 19.7. The molecule has 2 N–H and O–H groups in total. The summed E-state index contributed by atoms with van der Waals surface area (Å²) in [5.74, 6) is -0.198. The molecule has 1 aliphatic rings. The lowest BCUT2D eigenvalue weighted by molar-refractivity contribution is -0.137. The van der Waals surface area contributed by atoms with E-state index in [-0.39, 0.29) is 23.7 Å². The number of ether oxygens (including phenoxy) is 2. The van der Waals surface area contributed by atoms with Crippen molar-refractivity contribution in [3.8, 4) is 0 Å². The molecule has 1 fully saturated rings. The van der Waals surface area contributed by atoms with E-state index in [2.05, 4.69) is 17.2 Å². The number of nitrogens with one attached hydrogen (secondary N) is 2. The number of methoxy groups -OCH3 is 1. The molecule has 2 heterocycles. The predicted molar refractivity (Wildman–Crippen MR) is 121 cm³/mol. The molecule has 4 atom stereocenters. The Morgan fingerprint density at radius 2 is 2.06 bits per heavy atom. The second-order valence-corrected chi connectivity index (χ2v) is 9.64. The van der Waals surface area contributed by atoms with Gasteiger partial charge in [0.15, 0.2) is 0 Å². The largest absolute Gasteiger partial charge is 0.444 e. The Hall–Kier alpha value is -2.61. The van der Waals surface area contributed by atoms with Crippen LogP contribution in [0.4, 0.5) is 9.18 Å². The third-order valence-electron chi connectivity index (χ3n) is 6.10. The molecule has 0 saturated carbocycles. The Bertz CT molecular complexity index is 968. The summed E-state index contributed by atoms with van der Waals surface area (Å²) in [5, 5.41) is 3.66. The van der Waals surface area contributed by atoms with Crippen LogP contribution in [0.2, 0.25) is 0 Å². The van der Waals surface area contributed by atoms with E-state index in [1.54, 1.807) is 33.8 Å². The van der Waals surface area contributed by atoms with Crippen LogP contribution >= 0.6 is 0 Å². The highest BCUT2D eigenvalue weighted by Crippen LogP contribution is 2.30. The second kappa shape index (κ2) is 9.48. The maximum absolute atomic E-state index is 13.6. The highest BCUT2D eigenvalue weighted by Gasteiger charge is 2.40. The summed E-state index contributed by atoms with van der Waals surface area (Å²) in [6.07, 6.45) is 2.21. The molecule has 2 aromatic rings. The third kappa shape index (κ3) is 5.41. The van der Waals surface area contributed by atoms with Gasteiger partial charge in [-0.3, -0.25) is 4.79 Å². The molecule has 1 aromatic carbocycles. The molecule has 3 rings (SSSR count). The van der Waals surface area contributed by atoms with E-state index in [0.29, 0.717) is 13.0 Å². The average molecular weight is 448 g/mol. The van der Waals surface area contributed by atoms with Gasteiger partial charge in [0.05, 0.1) is 6.10 Å². The molecule has 0 spiro atoms. The number of fused-ring (bicyclic) bond motifs is 1. The predicted octanol–water partition coefficient (Wildman–Crippen LogP) is 4.01. The Labute approximate surface area is 188 Å². The summed E-state index contributed by atoms with van der Waals surface area (Å²) in [7, 11) is 1.51. The lowest BCUT2D eigenvalue weighted by Crippen LogP contribution is -2.56. The molecular formula is C24H34FN3O4. The van der Waals surface area contributed by atoms with Crippen LogP contribution in [0.1, 0.15) is 46.6 Å². The van der Waals surface area contributed by atoms with Gasteiger partial charge in [0, 0.05) is 36.8 Å². The van der Waals surface area contributed by atoms with Crippen LogP contribution in [0.3, 0.4) is 0 Å². The second-order valence-electron chi connectivity index (χ2n) is 9.64. The van der Waals surface area contributed by atoms with E-state index >= 15 is 0 Å². The molecule has 8 heteroatoms. The van der Waals surface area contributed by atoms with Crippen LogP contribution in [0.15, 0.2) is 24.4 Å². The first-order valence-corrected chi connectivity index (χ1v) is 11.1. The first-order chi connectivity index (χ1) is 15.0. The molecule has 7 nitrogen and oxygen atoms in total. The molecule has 1 aromatic heterocycles. The molecule has 0 bridgehead atoms. The number of rotatable bonds is 6. The van der Waals surface area contributed by atoms with E-state index in [9.17, 15) is 14.0 Å². The van der Waals surface area contributed by atoms with Crippen molar-refractivity contribution in [1.29, 1.82) is 0 Å². The number of nitrogens with zero attached hydrogens (tertiary/aromatic N) is 1. The Kier molecular flexibility index (Phi) is 7.12. The molecule has 2 amide bonds. The van der Waals surface area contributed by atoms with Crippen LogP contribution in [-0.4, -0.2) is 59.3 Å². The fourth-order valence-corrected chi connectivity index (χ4v) is 4.27. The van der Waals surface area contributed by atoms with Crippen molar-refractivity contribution in [2.45, 2.75) is 71.2 Å². The molecule has 32 heavy (non-hydrogen) atoms. The summed E-state index contributed by atoms with van der Waals surface area (Å²) in [5.41, 5.74) is 1.10. The number of alkyl carbamates (subject to hydrolysis) is 1. The number of halogens is 1. The quantitative estimate of drug-likeness (QED) is 0.701. The average Bonchev–Trinajstić information content (AvgIpc) is 3.27. The normalized spacial score (nSPS) is 20.9. The number of benzene rings is 1. The Balaban J connectivity index is 1.80. The zero-order chi connectivity index (χ0) is 23.6. The monoisotopic (exact) mass is 447 g/mol. The summed E-state index contributed by atoms with van der Waals surface area (Å²) >= 11 is 0. The molecule has 0 radical (unpaired) electrons. The van der Waals surface area contributed by atoms with Gasteiger partial charge in [-0.05, 0) is 70.2 Å². The minimum Gasteiger partial charge on any atom is -0.444 e. The highest BCUT2D eigenvalue weighted by atomic mass is 19.1. The van der Waals surface area contributed by atoms with Gasteiger partial charge in [-0.15, -0.1) is 0 Å². The molecule has 176 valence electrons. The van der Waals surface area contributed by atoms with Crippen LogP contribution in [0, 0.1) is 11.7 Å². The number of likely N-dealkylation sites (tertiary alicyclic amines) is 1. The van der Waals surface area contributed by atoms with Crippen LogP contribution in [0.5, 0.6) is 0 Å². The number of carbonyl (C=O) groups is 2. The third-order valence-corrected chi connectivity index (χ3v) is 6.10. The minimum atomic E-state index is -0.861. The minimum absolute atomic E-state index is 0.0430. The van der Waals surface area contributed by atoms with Gasteiger partial charge < -0.3 is 24.7 Å². The van der Waals surface area contributed by atoms with E-state index in [1.807, 2.05) is 11.1 Å². The fourth-order valence-electron chi connectivity index (χ4n) is 4.27. The van der Waals surface area contributed by atoms with Crippen molar-refractivity contribution in [2.24, 2.45) is 5.92 Å². The van der Waals surface area contributed by atoms with E-state index in [4.69, 9.17) is 9.47 Å². The van der Waals surface area contributed by atoms with Gasteiger partial charge in [-0.1, -0.05) is 6.92 Å². The summed E-state index contributed by atoms with van der Waals surface area (Å²) in [6, 6.07) is 3.78. The number of hydrogen-bond acceptors (Lipinski definition) is 4. The zero-order valence-electron chi connectivity index (χ0n) is 19.7. The van der Waals surface area contributed by atoms with Gasteiger partial charge in [0.25, 0.3) is 0 Å². The van der Waals surface area contributed by atoms with Crippen LogP contribution in [0.25, 0.3) is 10.9 Å². The maximum atomic E-state index is 13.6. The van der Waals surface area contributed by atoms with E-state index in [1.165, 1.54) is 19.2 Å². The van der Waals surface area contributed by atoms with Gasteiger partial charge in [0.2, 0.25) is 5.91 Å². The Morgan fingerprint density at radius 1 is 1.34 bits per heavy atom. The van der Waals surface area contributed by atoms with Gasteiger partial charge in [0.1, 0.15) is 17.5 Å². The number of carbonyl (C=O) groups excluding carboxylic acids is 2. The smallest absolute Gasteiger partial charge is 0.408 e. The number of amides is 2. The number of H-pyrrole nitrogens is 1. The molecule has 1 aliphatic heterocycles. The van der Waals surface area contributed by atoms with Gasteiger partial charge >= 0.3 is 6.09 Å². The van der Waals surface area contributed by atoms with Crippen molar-refractivity contribution >= 4 is 22.9 Å². The van der Waals surface area contributed by atoms with Crippen LogP contribution in [-0.2, 0) is 20.7 Å². The SMILES string of the molecule is CO[C@H](C)[C@H](NC(=O)OC(C)(C)C)C(=O)N1CC[C@H](C)[C@H]1Cc1c[nH]c2cc(F)ccc12. The van der Waals surface area contributed by atoms with Crippen molar-refractivity contribution in [1.82, 2.24) is 15.2 Å². The van der Waals surface area contributed by atoms with Crippen molar-refractivity contribution in [3.63, 3.8) is 0 Å². The summed E-state index contributed by atoms with van der Waals surface area (Å²) in [6.45, 7) is 9.80. The molecule has 1 saturated heterocycles. The first kappa shape index (κ1) is 24.0. The Morgan fingerprint density at radius 3 is 2.72 bits per heavy atom. The van der Waals surface area contributed by atoms with Gasteiger partial charge in [-0.2, -0.15) is 0 Å². The molecule has 0 unspecified atom stereocenters. The summed E-state index contributed by atoms with van der Waals surface area (Å²) < 4.78 is 24.3. The standard InChI is InChI=1S/C24H34FN3O4/c1-14-9-10-28(20(14)11-16-13-26-19-12-17(25)7-8-18(16)19)22(29)21(15(2)31-6)27-23(30)32-24(3,4)5/h7-8,12-15,20-21,26H,9-11H2,1-6H3,(H,27,30)/t14-,15+,20+,21-/m0/s1. The topological polar surface area (TPSA) is 83.7 Å². The molecule has 0 aliphatic carbocycles.